The highest BCUT2D eigenvalue weighted by molar-refractivity contribution is 9.10. The molecule has 0 spiro atoms. The number of methoxy groups -OCH3 is 1. The van der Waals surface area contributed by atoms with E-state index in [1.807, 2.05) is 48.5 Å². The summed E-state index contributed by atoms with van der Waals surface area (Å²) in [4.78, 5) is 24.8. The summed E-state index contributed by atoms with van der Waals surface area (Å²) in [6, 6.07) is 22.5. The number of nitrogens with one attached hydrogen (secondary N) is 2. The van der Waals surface area contributed by atoms with E-state index in [1.54, 1.807) is 31.4 Å². The van der Waals surface area contributed by atoms with Gasteiger partial charge in [0, 0.05) is 13.7 Å². The van der Waals surface area contributed by atoms with Crippen LogP contribution in [0, 0.1) is 0 Å². The van der Waals surface area contributed by atoms with Crippen LogP contribution in [0.2, 0.25) is 0 Å². The Bertz CT molecular complexity index is 1040. The SMILES string of the molecule is COCCNC(=O)c1ccccc1NC(=O)COc1ccc(-c2ccccc2)cc1Br. The molecule has 3 aromatic rings. The molecular weight excluding hydrogens is 460 g/mol. The second-order valence-corrected chi connectivity index (χ2v) is 7.50. The van der Waals surface area contributed by atoms with E-state index < -0.39 is 0 Å². The summed E-state index contributed by atoms with van der Waals surface area (Å²) < 4.78 is 11.3. The molecule has 7 heteroatoms. The first-order valence-corrected chi connectivity index (χ1v) is 10.5. The first-order chi connectivity index (χ1) is 15.1. The second-order valence-electron chi connectivity index (χ2n) is 6.64. The van der Waals surface area contributed by atoms with Crippen LogP contribution in [0.3, 0.4) is 0 Å². The van der Waals surface area contributed by atoms with Crippen LogP contribution in [0.1, 0.15) is 10.4 Å². The number of rotatable bonds is 9. The minimum atomic E-state index is -0.365. The summed E-state index contributed by atoms with van der Waals surface area (Å²) >= 11 is 3.50. The summed E-state index contributed by atoms with van der Waals surface area (Å²) in [6.07, 6.45) is 0. The summed E-state index contributed by atoms with van der Waals surface area (Å²) in [7, 11) is 1.56. The zero-order chi connectivity index (χ0) is 22.1. The second kappa shape index (κ2) is 11.3. The van der Waals surface area contributed by atoms with Crippen LogP contribution in [-0.4, -0.2) is 38.7 Å². The van der Waals surface area contributed by atoms with Crippen LogP contribution >= 0.6 is 15.9 Å². The van der Waals surface area contributed by atoms with Gasteiger partial charge in [0.15, 0.2) is 6.61 Å². The van der Waals surface area contributed by atoms with Crippen LogP contribution in [0.5, 0.6) is 5.75 Å². The van der Waals surface area contributed by atoms with E-state index in [1.165, 1.54) is 0 Å². The third-order valence-corrected chi connectivity index (χ3v) is 5.05. The van der Waals surface area contributed by atoms with Crippen molar-refractivity contribution in [3.8, 4) is 16.9 Å². The van der Waals surface area contributed by atoms with Crippen LogP contribution in [0.25, 0.3) is 11.1 Å². The predicted molar refractivity (Wildman–Crippen MR) is 124 cm³/mol. The summed E-state index contributed by atoms with van der Waals surface area (Å²) in [5.41, 5.74) is 2.93. The normalized spacial score (nSPS) is 10.4. The maximum absolute atomic E-state index is 12.4. The number of benzene rings is 3. The Kier molecular flexibility index (Phi) is 8.20. The molecule has 0 bridgehead atoms. The van der Waals surface area contributed by atoms with Crippen molar-refractivity contribution in [2.75, 3.05) is 32.2 Å². The van der Waals surface area contributed by atoms with Crippen molar-refractivity contribution < 1.29 is 19.1 Å². The Labute approximate surface area is 189 Å². The van der Waals surface area contributed by atoms with Crippen LogP contribution in [0.15, 0.2) is 77.3 Å². The number of carbonyl (C=O) groups excluding carboxylic acids is 2. The van der Waals surface area contributed by atoms with E-state index in [-0.39, 0.29) is 18.4 Å². The van der Waals surface area contributed by atoms with Gasteiger partial charge in [-0.05, 0) is 51.3 Å². The molecule has 0 atom stereocenters. The highest BCUT2D eigenvalue weighted by Gasteiger charge is 2.14. The van der Waals surface area contributed by atoms with Crippen molar-refractivity contribution in [2.24, 2.45) is 0 Å². The zero-order valence-electron chi connectivity index (χ0n) is 17.1. The van der Waals surface area contributed by atoms with Gasteiger partial charge in [-0.15, -0.1) is 0 Å². The first kappa shape index (κ1) is 22.5. The third kappa shape index (κ3) is 6.41. The van der Waals surface area contributed by atoms with Crippen molar-refractivity contribution in [2.45, 2.75) is 0 Å². The lowest BCUT2D eigenvalue weighted by atomic mass is 10.1. The quantitative estimate of drug-likeness (QED) is 0.440. The number of amides is 2. The fourth-order valence-corrected chi connectivity index (χ4v) is 3.40. The zero-order valence-corrected chi connectivity index (χ0v) is 18.6. The molecule has 0 aliphatic heterocycles. The fraction of sp³-hybridized carbons (Fsp3) is 0.167. The Morgan fingerprint density at radius 1 is 0.935 bits per heavy atom. The standard InChI is InChI=1S/C24H23BrN2O4/c1-30-14-13-26-24(29)19-9-5-6-10-21(19)27-23(28)16-31-22-12-11-18(15-20(22)25)17-7-3-2-4-8-17/h2-12,15H,13-14,16H2,1H3,(H,26,29)(H,27,28). The lowest BCUT2D eigenvalue weighted by molar-refractivity contribution is -0.118. The average molecular weight is 483 g/mol. The lowest BCUT2D eigenvalue weighted by Crippen LogP contribution is -2.29. The van der Waals surface area contributed by atoms with Gasteiger partial charge in [0.2, 0.25) is 0 Å². The van der Waals surface area contributed by atoms with Gasteiger partial charge >= 0.3 is 0 Å². The Balaban J connectivity index is 1.60. The van der Waals surface area contributed by atoms with Gasteiger partial charge in [-0.25, -0.2) is 0 Å². The summed E-state index contributed by atoms with van der Waals surface area (Å²) in [5.74, 6) is -0.0929. The van der Waals surface area contributed by atoms with E-state index >= 15 is 0 Å². The molecule has 2 N–H and O–H groups in total. The van der Waals surface area contributed by atoms with E-state index in [0.29, 0.717) is 30.2 Å². The van der Waals surface area contributed by atoms with Gasteiger partial charge in [0.1, 0.15) is 5.75 Å². The molecule has 6 nitrogen and oxygen atoms in total. The topological polar surface area (TPSA) is 76.7 Å². The fourth-order valence-electron chi connectivity index (χ4n) is 2.91. The molecule has 0 aromatic heterocycles. The highest BCUT2D eigenvalue weighted by atomic mass is 79.9. The van der Waals surface area contributed by atoms with Gasteiger partial charge in [-0.3, -0.25) is 9.59 Å². The van der Waals surface area contributed by atoms with Crippen molar-refractivity contribution in [3.63, 3.8) is 0 Å². The smallest absolute Gasteiger partial charge is 0.262 e. The predicted octanol–water partition coefficient (Wildman–Crippen LogP) is 4.51. The first-order valence-electron chi connectivity index (χ1n) is 9.72. The van der Waals surface area contributed by atoms with Crippen LogP contribution < -0.4 is 15.4 Å². The maximum atomic E-state index is 12.4. The minimum Gasteiger partial charge on any atom is -0.483 e. The number of hydrogen-bond donors (Lipinski definition) is 2. The molecule has 0 aliphatic rings. The largest absolute Gasteiger partial charge is 0.483 e. The van der Waals surface area contributed by atoms with Crippen molar-refractivity contribution in [3.05, 3.63) is 82.8 Å². The van der Waals surface area contributed by atoms with Crippen LogP contribution in [-0.2, 0) is 9.53 Å². The molecule has 160 valence electrons. The van der Waals surface area contributed by atoms with Gasteiger partial charge in [-0.2, -0.15) is 0 Å². The molecule has 3 rings (SSSR count). The number of halogens is 1. The van der Waals surface area contributed by atoms with Gasteiger partial charge in [0.05, 0.1) is 22.3 Å². The monoisotopic (exact) mass is 482 g/mol. The number of carbonyl (C=O) groups is 2. The summed E-state index contributed by atoms with van der Waals surface area (Å²) in [5, 5.41) is 5.48. The Hall–Kier alpha value is -3.16. The Morgan fingerprint density at radius 3 is 2.42 bits per heavy atom. The number of para-hydroxylation sites is 1. The summed E-state index contributed by atoms with van der Waals surface area (Å²) in [6.45, 7) is 0.600. The average Bonchev–Trinajstić information content (AvgIpc) is 2.79. The third-order valence-electron chi connectivity index (χ3n) is 4.44. The molecule has 0 aliphatic carbocycles. The molecule has 0 heterocycles. The molecule has 0 saturated heterocycles. The molecule has 0 fully saturated rings. The molecular formula is C24H23BrN2O4. The molecule has 2 amide bonds. The van der Waals surface area contributed by atoms with Gasteiger partial charge < -0.3 is 20.1 Å². The van der Waals surface area contributed by atoms with Crippen molar-refractivity contribution in [1.29, 1.82) is 0 Å². The Morgan fingerprint density at radius 2 is 1.68 bits per heavy atom. The number of ether oxygens (including phenoxy) is 2. The highest BCUT2D eigenvalue weighted by Crippen LogP contribution is 2.30. The molecule has 0 unspecified atom stereocenters. The van der Waals surface area contributed by atoms with E-state index in [0.717, 1.165) is 15.6 Å². The maximum Gasteiger partial charge on any atom is 0.262 e. The number of anilines is 1. The van der Waals surface area contributed by atoms with Crippen LogP contribution in [0.4, 0.5) is 5.69 Å². The van der Waals surface area contributed by atoms with E-state index in [2.05, 4.69) is 26.6 Å². The lowest BCUT2D eigenvalue weighted by Gasteiger charge is -2.13. The molecule has 0 saturated carbocycles. The van der Waals surface area contributed by atoms with Gasteiger partial charge in [0.25, 0.3) is 11.8 Å². The number of hydrogen-bond acceptors (Lipinski definition) is 4. The van der Waals surface area contributed by atoms with Crippen molar-refractivity contribution in [1.82, 2.24) is 5.32 Å². The van der Waals surface area contributed by atoms with E-state index in [4.69, 9.17) is 9.47 Å². The van der Waals surface area contributed by atoms with Crippen molar-refractivity contribution >= 4 is 33.4 Å². The van der Waals surface area contributed by atoms with E-state index in [9.17, 15) is 9.59 Å². The molecule has 0 radical (unpaired) electrons. The van der Waals surface area contributed by atoms with Gasteiger partial charge in [-0.1, -0.05) is 48.5 Å². The molecule has 3 aromatic carbocycles. The minimum absolute atomic E-state index is 0.192. The molecule has 31 heavy (non-hydrogen) atoms.